The molecule has 0 aliphatic heterocycles. The molecule has 0 aliphatic rings. The van der Waals surface area contributed by atoms with Crippen molar-refractivity contribution in [2.24, 2.45) is 0 Å². The van der Waals surface area contributed by atoms with Crippen LogP contribution in [0.2, 0.25) is 0 Å². The maximum atomic E-state index is 11.2. The predicted octanol–water partition coefficient (Wildman–Crippen LogP) is 2.31. The van der Waals surface area contributed by atoms with Crippen molar-refractivity contribution in [3.63, 3.8) is 0 Å². The quantitative estimate of drug-likeness (QED) is 0.618. The lowest BCUT2D eigenvalue weighted by Crippen LogP contribution is -2.08. The van der Waals surface area contributed by atoms with Crippen molar-refractivity contribution >= 4 is 5.69 Å². The first-order valence-corrected chi connectivity index (χ1v) is 6.38. The van der Waals surface area contributed by atoms with Gasteiger partial charge in [-0.25, -0.2) is 4.68 Å². The highest BCUT2D eigenvalue weighted by atomic mass is 16.6. The van der Waals surface area contributed by atoms with Crippen molar-refractivity contribution in [3.8, 4) is 11.7 Å². The summed E-state index contributed by atoms with van der Waals surface area (Å²) in [5.41, 5.74) is 1.66. The van der Waals surface area contributed by atoms with Crippen LogP contribution in [0, 0.1) is 10.1 Å². The summed E-state index contributed by atoms with van der Waals surface area (Å²) >= 11 is 0. The Hall–Kier alpha value is -2.44. The van der Waals surface area contributed by atoms with E-state index in [-0.39, 0.29) is 11.5 Å². The Kier molecular flexibility index (Phi) is 3.97. The number of aryl methyl sites for hydroxylation is 2. The number of hydrogen-bond donors (Lipinski definition) is 0. The largest absolute Gasteiger partial charge is 0.481 e. The fraction of sp³-hybridized carbons (Fsp3) is 0.385. The molecule has 0 bridgehead atoms. The molecule has 0 unspecified atom stereocenters. The second-order valence-electron chi connectivity index (χ2n) is 4.20. The second kappa shape index (κ2) is 5.68. The molecule has 0 saturated heterocycles. The highest BCUT2D eigenvalue weighted by Crippen LogP contribution is 2.25. The average molecular weight is 276 g/mol. The summed E-state index contributed by atoms with van der Waals surface area (Å²) in [5, 5.41) is 15.5. The van der Waals surface area contributed by atoms with Crippen LogP contribution in [0.15, 0.2) is 18.2 Å². The lowest BCUT2D eigenvalue weighted by molar-refractivity contribution is -0.385. The molecule has 7 heteroatoms. The molecule has 0 amide bonds. The second-order valence-corrected chi connectivity index (χ2v) is 4.20. The lowest BCUT2D eigenvalue weighted by Gasteiger charge is -2.07. The van der Waals surface area contributed by atoms with Crippen LogP contribution in [0.1, 0.15) is 25.2 Å². The molecule has 2 rings (SSSR count). The first kappa shape index (κ1) is 14.0. The summed E-state index contributed by atoms with van der Waals surface area (Å²) in [6, 6.07) is 4.79. The van der Waals surface area contributed by atoms with E-state index < -0.39 is 4.92 Å². The highest BCUT2D eigenvalue weighted by molar-refractivity contribution is 5.49. The molecule has 0 N–H and O–H groups in total. The van der Waals surface area contributed by atoms with E-state index in [1.165, 1.54) is 23.9 Å². The van der Waals surface area contributed by atoms with Crippen molar-refractivity contribution in [3.05, 3.63) is 39.7 Å². The molecule has 0 atom stereocenters. The first-order chi connectivity index (χ1) is 9.60. The van der Waals surface area contributed by atoms with E-state index in [1.54, 1.807) is 0 Å². The SMILES string of the molecule is CCc1cc(CC)n(-c2nc(OC)ccc2[N+](=O)[O-])n1. The van der Waals surface area contributed by atoms with Gasteiger partial charge in [-0.05, 0) is 18.9 Å². The van der Waals surface area contributed by atoms with Gasteiger partial charge in [-0.1, -0.05) is 13.8 Å². The first-order valence-electron chi connectivity index (χ1n) is 6.38. The van der Waals surface area contributed by atoms with Gasteiger partial charge in [-0.3, -0.25) is 10.1 Å². The van der Waals surface area contributed by atoms with Crippen LogP contribution in [-0.4, -0.2) is 26.8 Å². The third kappa shape index (κ3) is 2.47. The number of methoxy groups -OCH3 is 1. The Morgan fingerprint density at radius 3 is 2.65 bits per heavy atom. The van der Waals surface area contributed by atoms with Gasteiger partial charge in [-0.2, -0.15) is 10.1 Å². The van der Waals surface area contributed by atoms with Crippen LogP contribution in [0.25, 0.3) is 5.82 Å². The van der Waals surface area contributed by atoms with Gasteiger partial charge in [0.15, 0.2) is 0 Å². The smallest absolute Gasteiger partial charge is 0.314 e. The molecule has 7 nitrogen and oxygen atoms in total. The monoisotopic (exact) mass is 276 g/mol. The molecule has 2 heterocycles. The Balaban J connectivity index is 2.66. The molecule has 2 aromatic heterocycles. The summed E-state index contributed by atoms with van der Waals surface area (Å²) in [4.78, 5) is 14.9. The molecule has 0 aliphatic carbocycles. The molecule has 0 aromatic carbocycles. The van der Waals surface area contributed by atoms with Gasteiger partial charge in [0.05, 0.1) is 17.7 Å². The van der Waals surface area contributed by atoms with Gasteiger partial charge in [0, 0.05) is 17.8 Å². The number of aromatic nitrogens is 3. The van der Waals surface area contributed by atoms with E-state index >= 15 is 0 Å². The van der Waals surface area contributed by atoms with Crippen molar-refractivity contribution in [1.82, 2.24) is 14.8 Å². The van der Waals surface area contributed by atoms with Gasteiger partial charge in [0.25, 0.3) is 0 Å². The summed E-state index contributed by atoms with van der Waals surface area (Å²) in [6.45, 7) is 3.96. The van der Waals surface area contributed by atoms with Crippen molar-refractivity contribution in [1.29, 1.82) is 0 Å². The lowest BCUT2D eigenvalue weighted by atomic mass is 10.2. The van der Waals surface area contributed by atoms with Crippen molar-refractivity contribution in [2.75, 3.05) is 7.11 Å². The zero-order chi connectivity index (χ0) is 14.7. The van der Waals surface area contributed by atoms with Crippen LogP contribution < -0.4 is 4.74 Å². The number of hydrogen-bond acceptors (Lipinski definition) is 5. The third-order valence-corrected chi connectivity index (χ3v) is 2.99. The average Bonchev–Trinajstić information content (AvgIpc) is 2.89. The highest BCUT2D eigenvalue weighted by Gasteiger charge is 2.21. The minimum absolute atomic E-state index is 0.0914. The normalized spacial score (nSPS) is 10.6. The van der Waals surface area contributed by atoms with Gasteiger partial charge in [-0.15, -0.1) is 0 Å². The van der Waals surface area contributed by atoms with E-state index in [2.05, 4.69) is 10.1 Å². The van der Waals surface area contributed by atoms with E-state index in [1.807, 2.05) is 19.9 Å². The minimum Gasteiger partial charge on any atom is -0.481 e. The van der Waals surface area contributed by atoms with Crippen LogP contribution in [0.4, 0.5) is 5.69 Å². The van der Waals surface area contributed by atoms with Gasteiger partial charge >= 0.3 is 5.69 Å². The van der Waals surface area contributed by atoms with E-state index in [9.17, 15) is 10.1 Å². The Morgan fingerprint density at radius 1 is 1.35 bits per heavy atom. The maximum Gasteiger partial charge on any atom is 0.314 e. The fourth-order valence-electron chi connectivity index (χ4n) is 1.92. The summed E-state index contributed by atoms with van der Waals surface area (Å²) in [5.74, 6) is 0.507. The van der Waals surface area contributed by atoms with Crippen LogP contribution in [0.3, 0.4) is 0 Å². The fourth-order valence-corrected chi connectivity index (χ4v) is 1.92. The van der Waals surface area contributed by atoms with E-state index in [0.29, 0.717) is 12.3 Å². The Morgan fingerprint density at radius 2 is 2.10 bits per heavy atom. The van der Waals surface area contributed by atoms with Gasteiger partial charge < -0.3 is 4.74 Å². The zero-order valence-electron chi connectivity index (χ0n) is 11.7. The van der Waals surface area contributed by atoms with E-state index in [4.69, 9.17) is 4.74 Å². The topological polar surface area (TPSA) is 83.1 Å². The minimum atomic E-state index is -0.464. The van der Waals surface area contributed by atoms with Crippen molar-refractivity contribution < 1.29 is 9.66 Å². The van der Waals surface area contributed by atoms with Gasteiger partial charge in [0.1, 0.15) is 0 Å². The number of rotatable bonds is 5. The molecule has 0 radical (unpaired) electrons. The van der Waals surface area contributed by atoms with Gasteiger partial charge in [0.2, 0.25) is 11.7 Å². The number of pyridine rings is 1. The van der Waals surface area contributed by atoms with Crippen molar-refractivity contribution in [2.45, 2.75) is 26.7 Å². The molecule has 0 spiro atoms. The van der Waals surface area contributed by atoms with Crippen LogP contribution in [-0.2, 0) is 12.8 Å². The predicted molar refractivity (Wildman–Crippen MR) is 73.3 cm³/mol. The number of nitro groups is 1. The molecule has 2 aromatic rings. The number of nitrogens with zero attached hydrogens (tertiary/aromatic N) is 4. The van der Waals surface area contributed by atoms with Crippen LogP contribution in [0.5, 0.6) is 5.88 Å². The summed E-state index contributed by atoms with van der Waals surface area (Å²) in [7, 11) is 1.47. The summed E-state index contributed by atoms with van der Waals surface area (Å²) in [6.07, 6.45) is 1.47. The molecule has 20 heavy (non-hydrogen) atoms. The summed E-state index contributed by atoms with van der Waals surface area (Å²) < 4.78 is 6.57. The third-order valence-electron chi connectivity index (χ3n) is 2.99. The maximum absolute atomic E-state index is 11.2. The zero-order valence-corrected chi connectivity index (χ0v) is 11.7. The number of ether oxygens (including phenoxy) is 1. The molecular formula is C13H16N4O3. The molecule has 0 saturated carbocycles. The Labute approximate surface area is 116 Å². The molecule has 106 valence electrons. The standard InChI is InChI=1S/C13H16N4O3/c1-4-9-8-10(5-2)16(15-9)13-11(17(18)19)6-7-12(14-13)20-3/h6-8H,4-5H2,1-3H3. The Bertz CT molecular complexity index is 637. The van der Waals surface area contributed by atoms with Crippen LogP contribution >= 0.6 is 0 Å². The molecule has 0 fully saturated rings. The molecular weight excluding hydrogens is 260 g/mol. The van der Waals surface area contributed by atoms with E-state index in [0.717, 1.165) is 17.8 Å².